The van der Waals surface area contributed by atoms with Gasteiger partial charge in [0.25, 0.3) is 0 Å². The maximum absolute atomic E-state index is 5.56. The molecule has 0 aliphatic carbocycles. The molecule has 0 spiro atoms. The van der Waals surface area contributed by atoms with Gasteiger partial charge in [0.2, 0.25) is 5.16 Å². The van der Waals surface area contributed by atoms with E-state index in [9.17, 15) is 0 Å². The number of aromatic nitrogens is 4. The van der Waals surface area contributed by atoms with E-state index in [1.807, 2.05) is 42.5 Å². The van der Waals surface area contributed by atoms with Gasteiger partial charge in [0.1, 0.15) is 5.76 Å². The predicted octanol–water partition coefficient (Wildman–Crippen LogP) is 4.71. The van der Waals surface area contributed by atoms with Crippen LogP contribution in [0.4, 0.5) is 0 Å². The molecule has 0 bridgehead atoms. The van der Waals surface area contributed by atoms with Crippen molar-refractivity contribution in [2.75, 3.05) is 0 Å². The third-order valence-electron chi connectivity index (χ3n) is 3.64. The third-order valence-corrected chi connectivity index (χ3v) is 5.21. The smallest absolute Gasteiger partial charge is 0.212 e. The van der Waals surface area contributed by atoms with E-state index in [1.165, 1.54) is 5.56 Å². The first kappa shape index (κ1) is 17.9. The highest BCUT2D eigenvalue weighted by molar-refractivity contribution is 14.1. The fraction of sp³-hybridized carbons (Fsp3) is 0.0526. The van der Waals surface area contributed by atoms with Gasteiger partial charge < -0.3 is 4.42 Å². The second-order valence-corrected chi connectivity index (χ2v) is 7.53. The number of nitrogens with zero attached hydrogens (tertiary/aromatic N) is 5. The van der Waals surface area contributed by atoms with Crippen molar-refractivity contribution in [1.82, 2.24) is 19.9 Å². The second-order valence-electron chi connectivity index (χ2n) is 5.52. The number of rotatable bonds is 6. The summed E-state index contributed by atoms with van der Waals surface area (Å²) in [5.74, 6) is 2.08. The topological polar surface area (TPSA) is 69.1 Å². The molecular formula is C19H14IN5OS. The number of halogens is 1. The van der Waals surface area contributed by atoms with Gasteiger partial charge in [-0.3, -0.25) is 4.98 Å². The minimum Gasteiger partial charge on any atom is -0.449 e. The lowest BCUT2D eigenvalue weighted by Crippen LogP contribution is -1.97. The maximum atomic E-state index is 5.56. The Hall–Kier alpha value is -2.46. The molecule has 0 aliphatic heterocycles. The highest BCUT2D eigenvalue weighted by Crippen LogP contribution is 2.26. The van der Waals surface area contributed by atoms with Crippen molar-refractivity contribution in [3.8, 4) is 11.4 Å². The number of hydrogen-bond donors (Lipinski definition) is 0. The van der Waals surface area contributed by atoms with Crippen LogP contribution in [-0.2, 0) is 5.75 Å². The van der Waals surface area contributed by atoms with Crippen molar-refractivity contribution in [1.29, 1.82) is 0 Å². The Balaban J connectivity index is 1.66. The van der Waals surface area contributed by atoms with E-state index in [0.717, 1.165) is 15.1 Å². The Labute approximate surface area is 173 Å². The van der Waals surface area contributed by atoms with Crippen LogP contribution in [0.5, 0.6) is 0 Å². The van der Waals surface area contributed by atoms with Crippen LogP contribution in [0.15, 0.2) is 81.7 Å². The summed E-state index contributed by atoms with van der Waals surface area (Å²) in [4.78, 5) is 4.17. The molecule has 0 fully saturated rings. The van der Waals surface area contributed by atoms with E-state index in [1.54, 1.807) is 35.0 Å². The van der Waals surface area contributed by atoms with Crippen molar-refractivity contribution in [2.24, 2.45) is 5.10 Å². The highest BCUT2D eigenvalue weighted by Gasteiger charge is 2.14. The minimum atomic E-state index is 0.635. The van der Waals surface area contributed by atoms with E-state index in [-0.39, 0.29) is 0 Å². The van der Waals surface area contributed by atoms with Crippen molar-refractivity contribution in [3.63, 3.8) is 0 Å². The summed E-state index contributed by atoms with van der Waals surface area (Å²) in [5, 5.41) is 13.9. The Morgan fingerprint density at radius 2 is 1.96 bits per heavy atom. The number of benzene rings is 1. The van der Waals surface area contributed by atoms with Crippen LogP contribution in [0, 0.1) is 3.77 Å². The molecule has 27 heavy (non-hydrogen) atoms. The molecule has 0 atom stereocenters. The first-order valence-corrected chi connectivity index (χ1v) is 10.2. The third kappa shape index (κ3) is 4.45. The lowest BCUT2D eigenvalue weighted by Gasteiger charge is -2.04. The molecule has 4 rings (SSSR count). The van der Waals surface area contributed by atoms with E-state index in [4.69, 9.17) is 4.42 Å². The summed E-state index contributed by atoms with van der Waals surface area (Å²) in [6.45, 7) is 0. The fourth-order valence-electron chi connectivity index (χ4n) is 2.37. The first-order chi connectivity index (χ1) is 13.3. The summed E-state index contributed by atoms with van der Waals surface area (Å²) in [7, 11) is 0. The van der Waals surface area contributed by atoms with Gasteiger partial charge in [0.15, 0.2) is 9.59 Å². The zero-order valence-corrected chi connectivity index (χ0v) is 17.0. The standard InChI is InChI=1S/C19H14IN5OS/c20-17-9-8-16(26-17)12-22-25-18(15-7-4-10-21-11-15)23-24-19(25)27-13-14-5-2-1-3-6-14/h1-12H,13H2. The molecular weight excluding hydrogens is 473 g/mol. The monoisotopic (exact) mass is 487 g/mol. The van der Waals surface area contributed by atoms with Gasteiger partial charge in [-0.15, -0.1) is 10.2 Å². The number of pyridine rings is 1. The normalized spacial score (nSPS) is 11.3. The lowest BCUT2D eigenvalue weighted by atomic mass is 10.2. The van der Waals surface area contributed by atoms with Crippen LogP contribution in [0.25, 0.3) is 11.4 Å². The molecule has 0 aliphatic rings. The summed E-state index contributed by atoms with van der Waals surface area (Å²) in [5.41, 5.74) is 2.06. The molecule has 3 heterocycles. The Morgan fingerprint density at radius 1 is 1.07 bits per heavy atom. The molecule has 4 aromatic rings. The molecule has 0 saturated carbocycles. The summed E-state index contributed by atoms with van der Waals surface area (Å²) in [6, 6.07) is 17.8. The molecule has 3 aromatic heterocycles. The van der Waals surface area contributed by atoms with Gasteiger partial charge in [-0.05, 0) is 52.4 Å². The van der Waals surface area contributed by atoms with Gasteiger partial charge in [0.05, 0.1) is 6.21 Å². The van der Waals surface area contributed by atoms with Crippen LogP contribution in [-0.4, -0.2) is 26.1 Å². The van der Waals surface area contributed by atoms with Gasteiger partial charge in [0, 0.05) is 23.7 Å². The average molecular weight is 487 g/mol. The molecule has 8 heteroatoms. The summed E-state index contributed by atoms with van der Waals surface area (Å²) in [6.07, 6.45) is 5.14. The lowest BCUT2D eigenvalue weighted by molar-refractivity contribution is 0.530. The van der Waals surface area contributed by atoms with Gasteiger partial charge in [-0.1, -0.05) is 42.1 Å². The Kier molecular flexibility index (Phi) is 5.64. The summed E-state index contributed by atoms with van der Waals surface area (Å²) >= 11 is 3.70. The van der Waals surface area contributed by atoms with Crippen LogP contribution >= 0.6 is 34.4 Å². The van der Waals surface area contributed by atoms with Crippen LogP contribution in [0.1, 0.15) is 11.3 Å². The van der Waals surface area contributed by atoms with E-state index in [2.05, 4.69) is 55.0 Å². The van der Waals surface area contributed by atoms with Gasteiger partial charge in [-0.25, -0.2) is 0 Å². The summed E-state index contributed by atoms with van der Waals surface area (Å²) < 4.78 is 8.09. The van der Waals surface area contributed by atoms with E-state index >= 15 is 0 Å². The van der Waals surface area contributed by atoms with Crippen LogP contribution in [0.3, 0.4) is 0 Å². The molecule has 134 valence electrons. The van der Waals surface area contributed by atoms with Crippen LogP contribution < -0.4 is 0 Å². The molecule has 0 radical (unpaired) electrons. The second kappa shape index (κ2) is 8.49. The molecule has 0 unspecified atom stereocenters. The average Bonchev–Trinajstić information content (AvgIpc) is 3.32. The quantitative estimate of drug-likeness (QED) is 0.224. The largest absolute Gasteiger partial charge is 0.449 e. The highest BCUT2D eigenvalue weighted by atomic mass is 127. The molecule has 0 N–H and O–H groups in total. The predicted molar refractivity (Wildman–Crippen MR) is 114 cm³/mol. The van der Waals surface area contributed by atoms with Crippen molar-refractivity contribution in [3.05, 3.63) is 82.1 Å². The van der Waals surface area contributed by atoms with E-state index < -0.39 is 0 Å². The minimum absolute atomic E-state index is 0.635. The number of hydrogen-bond acceptors (Lipinski definition) is 6. The molecule has 6 nitrogen and oxygen atoms in total. The van der Waals surface area contributed by atoms with Crippen molar-refractivity contribution < 1.29 is 4.42 Å². The maximum Gasteiger partial charge on any atom is 0.212 e. The zero-order valence-electron chi connectivity index (χ0n) is 14.1. The Morgan fingerprint density at radius 3 is 2.70 bits per heavy atom. The van der Waals surface area contributed by atoms with Crippen LogP contribution in [0.2, 0.25) is 0 Å². The van der Waals surface area contributed by atoms with Gasteiger partial charge >= 0.3 is 0 Å². The van der Waals surface area contributed by atoms with E-state index in [0.29, 0.717) is 16.7 Å². The first-order valence-electron chi connectivity index (χ1n) is 8.12. The molecule has 1 aromatic carbocycles. The van der Waals surface area contributed by atoms with Gasteiger partial charge in [-0.2, -0.15) is 9.78 Å². The zero-order chi connectivity index (χ0) is 18.5. The molecule has 0 amide bonds. The van der Waals surface area contributed by atoms with Crippen molar-refractivity contribution >= 4 is 40.6 Å². The van der Waals surface area contributed by atoms with Crippen molar-refractivity contribution in [2.45, 2.75) is 10.9 Å². The number of furan rings is 1. The fourth-order valence-corrected chi connectivity index (χ4v) is 3.65. The number of thioether (sulfide) groups is 1. The Bertz CT molecular complexity index is 1050. The SMILES string of the molecule is Ic1ccc(C=Nn2c(SCc3ccccc3)nnc2-c2cccnc2)o1. The molecule has 0 saturated heterocycles.